The van der Waals surface area contributed by atoms with Gasteiger partial charge in [0.25, 0.3) is 0 Å². The molecule has 1 aliphatic rings. The molecule has 1 fully saturated rings. The first-order chi connectivity index (χ1) is 11.6. The standard InChI is InChI=1S/C17H20N4O3/c1-11-19-15(18-10-12-5-4-8-24-12)9-16(20-11)21-14-7-3-2-6-13(14)17(22)23/h2-3,6-7,9,12H,4-5,8,10H2,1H3,(H,22,23)(H2,18,19,20,21). The molecule has 126 valence electrons. The van der Waals surface area contributed by atoms with Gasteiger partial charge in [-0.25, -0.2) is 14.8 Å². The van der Waals surface area contributed by atoms with E-state index >= 15 is 0 Å². The maximum Gasteiger partial charge on any atom is 0.337 e. The van der Waals surface area contributed by atoms with Gasteiger partial charge in [-0.05, 0) is 31.9 Å². The van der Waals surface area contributed by atoms with E-state index in [-0.39, 0.29) is 11.7 Å². The third-order valence-corrected chi connectivity index (χ3v) is 3.79. The highest BCUT2D eigenvalue weighted by Gasteiger charge is 2.15. The van der Waals surface area contributed by atoms with Crippen LogP contribution in [-0.2, 0) is 4.74 Å². The van der Waals surface area contributed by atoms with Crippen molar-refractivity contribution in [3.05, 3.63) is 41.7 Å². The number of carboxylic acids is 1. The summed E-state index contributed by atoms with van der Waals surface area (Å²) in [6.07, 6.45) is 2.35. The van der Waals surface area contributed by atoms with Crippen LogP contribution >= 0.6 is 0 Å². The monoisotopic (exact) mass is 328 g/mol. The summed E-state index contributed by atoms with van der Waals surface area (Å²) < 4.78 is 5.59. The van der Waals surface area contributed by atoms with E-state index < -0.39 is 5.97 Å². The third-order valence-electron chi connectivity index (χ3n) is 3.79. The molecule has 1 atom stereocenters. The summed E-state index contributed by atoms with van der Waals surface area (Å²) in [5, 5.41) is 15.6. The molecule has 24 heavy (non-hydrogen) atoms. The van der Waals surface area contributed by atoms with Crippen LogP contribution in [0.2, 0.25) is 0 Å². The molecule has 0 saturated carbocycles. The van der Waals surface area contributed by atoms with Gasteiger partial charge < -0.3 is 20.5 Å². The van der Waals surface area contributed by atoms with Crippen molar-refractivity contribution in [1.29, 1.82) is 0 Å². The Hall–Kier alpha value is -2.67. The maximum atomic E-state index is 11.3. The Kier molecular flexibility index (Phi) is 4.90. The summed E-state index contributed by atoms with van der Waals surface area (Å²) in [5.74, 6) is 0.850. The molecular formula is C17H20N4O3. The molecule has 7 heteroatoms. The van der Waals surface area contributed by atoms with Gasteiger partial charge in [0, 0.05) is 19.2 Å². The minimum absolute atomic E-state index is 0.197. The normalized spacial score (nSPS) is 16.8. The highest BCUT2D eigenvalue weighted by molar-refractivity contribution is 5.95. The van der Waals surface area contributed by atoms with Crippen LogP contribution in [0.15, 0.2) is 30.3 Å². The van der Waals surface area contributed by atoms with Crippen LogP contribution in [0.25, 0.3) is 0 Å². The SMILES string of the molecule is Cc1nc(NCC2CCCO2)cc(Nc2ccccc2C(=O)O)n1. The highest BCUT2D eigenvalue weighted by Crippen LogP contribution is 2.21. The van der Waals surface area contributed by atoms with E-state index in [1.807, 2.05) is 0 Å². The molecule has 1 aromatic carbocycles. The molecule has 0 aliphatic carbocycles. The predicted molar refractivity (Wildman–Crippen MR) is 90.9 cm³/mol. The molecule has 1 aliphatic heterocycles. The third kappa shape index (κ3) is 3.99. The van der Waals surface area contributed by atoms with E-state index in [2.05, 4.69) is 20.6 Å². The van der Waals surface area contributed by atoms with Gasteiger partial charge in [-0.15, -0.1) is 0 Å². The molecule has 2 heterocycles. The van der Waals surface area contributed by atoms with Crippen molar-refractivity contribution in [2.75, 3.05) is 23.8 Å². The lowest BCUT2D eigenvalue weighted by atomic mass is 10.2. The fraction of sp³-hybridized carbons (Fsp3) is 0.353. The fourth-order valence-electron chi connectivity index (χ4n) is 2.66. The average molecular weight is 328 g/mol. The Balaban J connectivity index is 1.75. The average Bonchev–Trinajstić information content (AvgIpc) is 3.06. The van der Waals surface area contributed by atoms with Gasteiger partial charge >= 0.3 is 5.97 Å². The summed E-state index contributed by atoms with van der Waals surface area (Å²) in [4.78, 5) is 20.0. The van der Waals surface area contributed by atoms with Gasteiger partial charge in [0.05, 0.1) is 17.4 Å². The van der Waals surface area contributed by atoms with Gasteiger partial charge in [-0.1, -0.05) is 12.1 Å². The summed E-state index contributed by atoms with van der Waals surface area (Å²) >= 11 is 0. The van der Waals surface area contributed by atoms with Crippen molar-refractivity contribution in [2.45, 2.75) is 25.9 Å². The van der Waals surface area contributed by atoms with Gasteiger partial charge in [0.2, 0.25) is 0 Å². The first kappa shape index (κ1) is 16.2. The Labute approximate surface area is 140 Å². The summed E-state index contributed by atoms with van der Waals surface area (Å²) in [5.41, 5.74) is 0.691. The number of benzene rings is 1. The molecule has 1 unspecified atom stereocenters. The fourth-order valence-corrected chi connectivity index (χ4v) is 2.66. The van der Waals surface area contributed by atoms with Crippen LogP contribution in [0.1, 0.15) is 29.0 Å². The first-order valence-electron chi connectivity index (χ1n) is 7.92. The summed E-state index contributed by atoms with van der Waals surface area (Å²) in [6, 6.07) is 8.49. The van der Waals surface area contributed by atoms with Crippen LogP contribution in [0.4, 0.5) is 17.3 Å². The Bertz CT molecular complexity index is 730. The number of aromatic carboxylic acids is 1. The molecular weight excluding hydrogens is 308 g/mol. The second-order valence-electron chi connectivity index (χ2n) is 5.68. The Morgan fingerprint density at radius 3 is 2.88 bits per heavy atom. The zero-order chi connectivity index (χ0) is 16.9. The minimum Gasteiger partial charge on any atom is -0.478 e. The number of ether oxygens (including phenoxy) is 1. The minimum atomic E-state index is -0.986. The Morgan fingerprint density at radius 2 is 2.12 bits per heavy atom. The number of para-hydroxylation sites is 1. The second kappa shape index (κ2) is 7.27. The van der Waals surface area contributed by atoms with Crippen LogP contribution in [0.3, 0.4) is 0 Å². The van der Waals surface area contributed by atoms with Gasteiger partial charge in [-0.3, -0.25) is 0 Å². The van der Waals surface area contributed by atoms with Crippen molar-refractivity contribution in [1.82, 2.24) is 9.97 Å². The number of aryl methyl sites for hydroxylation is 1. The number of nitrogens with zero attached hydrogens (tertiary/aromatic N) is 2. The molecule has 3 rings (SSSR count). The zero-order valence-electron chi connectivity index (χ0n) is 13.5. The highest BCUT2D eigenvalue weighted by atomic mass is 16.5. The number of nitrogens with one attached hydrogen (secondary N) is 2. The van der Waals surface area contributed by atoms with E-state index in [1.165, 1.54) is 0 Å². The topological polar surface area (TPSA) is 96.4 Å². The van der Waals surface area contributed by atoms with Crippen LogP contribution in [0, 0.1) is 6.92 Å². The lowest BCUT2D eigenvalue weighted by Gasteiger charge is -2.14. The zero-order valence-corrected chi connectivity index (χ0v) is 13.5. The van der Waals surface area contributed by atoms with E-state index in [4.69, 9.17) is 4.74 Å². The van der Waals surface area contributed by atoms with Crippen molar-refractivity contribution in [3.8, 4) is 0 Å². The van der Waals surface area contributed by atoms with Gasteiger partial charge in [-0.2, -0.15) is 0 Å². The maximum absolute atomic E-state index is 11.3. The number of hydrogen-bond acceptors (Lipinski definition) is 6. The second-order valence-corrected chi connectivity index (χ2v) is 5.68. The molecule has 1 aromatic heterocycles. The quantitative estimate of drug-likeness (QED) is 0.750. The van der Waals surface area contributed by atoms with E-state index in [1.54, 1.807) is 37.3 Å². The molecule has 0 spiro atoms. The number of aromatic nitrogens is 2. The summed E-state index contributed by atoms with van der Waals surface area (Å²) in [7, 11) is 0. The van der Waals surface area contributed by atoms with E-state index in [0.29, 0.717) is 29.7 Å². The smallest absolute Gasteiger partial charge is 0.337 e. The van der Waals surface area contributed by atoms with Gasteiger partial charge in [0.15, 0.2) is 0 Å². The largest absolute Gasteiger partial charge is 0.478 e. The number of carbonyl (C=O) groups is 1. The first-order valence-corrected chi connectivity index (χ1v) is 7.92. The van der Waals surface area contributed by atoms with Crippen molar-refractivity contribution in [2.24, 2.45) is 0 Å². The molecule has 1 saturated heterocycles. The van der Waals surface area contributed by atoms with Crippen molar-refractivity contribution < 1.29 is 14.6 Å². The Morgan fingerprint density at radius 1 is 1.33 bits per heavy atom. The van der Waals surface area contributed by atoms with E-state index in [9.17, 15) is 9.90 Å². The molecule has 7 nitrogen and oxygen atoms in total. The summed E-state index contributed by atoms with van der Waals surface area (Å²) in [6.45, 7) is 3.31. The lowest BCUT2D eigenvalue weighted by molar-refractivity contribution is 0.0698. The van der Waals surface area contributed by atoms with Crippen LogP contribution in [0.5, 0.6) is 0 Å². The molecule has 2 aromatic rings. The van der Waals surface area contributed by atoms with Gasteiger partial charge in [0.1, 0.15) is 17.5 Å². The van der Waals surface area contributed by atoms with E-state index in [0.717, 1.165) is 19.4 Å². The molecule has 3 N–H and O–H groups in total. The molecule has 0 radical (unpaired) electrons. The van der Waals surface area contributed by atoms with Crippen molar-refractivity contribution in [3.63, 3.8) is 0 Å². The predicted octanol–water partition coefficient (Wildman–Crippen LogP) is 2.82. The lowest BCUT2D eigenvalue weighted by Crippen LogP contribution is -2.19. The number of hydrogen-bond donors (Lipinski definition) is 3. The molecule has 0 bridgehead atoms. The number of carboxylic acid groups (broad SMARTS) is 1. The van der Waals surface area contributed by atoms with Crippen LogP contribution < -0.4 is 10.6 Å². The molecule has 0 amide bonds. The number of rotatable bonds is 6. The van der Waals surface area contributed by atoms with Crippen molar-refractivity contribution >= 4 is 23.3 Å². The number of anilines is 3. The van der Waals surface area contributed by atoms with Crippen LogP contribution in [-0.4, -0.2) is 40.3 Å².